The predicted molar refractivity (Wildman–Crippen MR) is 123 cm³/mol. The first-order chi connectivity index (χ1) is 15.1. The molecule has 1 aliphatic heterocycles. The maximum atomic E-state index is 12.7. The lowest BCUT2D eigenvalue weighted by atomic mass is 10.0. The molecule has 3 N–H and O–H groups in total. The van der Waals surface area contributed by atoms with Crippen LogP contribution in [-0.2, 0) is 24.2 Å². The van der Waals surface area contributed by atoms with E-state index in [-0.39, 0.29) is 12.0 Å². The molecular weight excluding hydrogens is 410 g/mol. The number of anilines is 2. The van der Waals surface area contributed by atoms with Gasteiger partial charge in [0.2, 0.25) is 0 Å². The summed E-state index contributed by atoms with van der Waals surface area (Å²) in [5.74, 6) is -0.374. The largest absolute Gasteiger partial charge is 0.462 e. The monoisotopic (exact) mass is 436 g/mol. The number of fused-ring (bicyclic) bond motifs is 1. The second kappa shape index (κ2) is 9.76. The fraction of sp³-hybridized carbons (Fsp3) is 0.250. The molecule has 2 aromatic carbocycles. The van der Waals surface area contributed by atoms with Crippen LogP contribution < -0.4 is 15.5 Å². The van der Waals surface area contributed by atoms with Crippen LogP contribution in [0, 0.1) is 0 Å². The van der Waals surface area contributed by atoms with Crippen molar-refractivity contribution in [3.8, 4) is 0 Å². The number of ether oxygens (including phenoxy) is 1. The number of nitrogens with one attached hydrogen (secondary N) is 3. The van der Waals surface area contributed by atoms with Crippen LogP contribution in [0.3, 0.4) is 0 Å². The molecule has 6 nitrogen and oxygen atoms in total. The molecule has 2 heterocycles. The van der Waals surface area contributed by atoms with Gasteiger partial charge in [0.15, 0.2) is 0 Å². The molecule has 2 amide bonds. The van der Waals surface area contributed by atoms with Gasteiger partial charge in [0.1, 0.15) is 18.1 Å². The van der Waals surface area contributed by atoms with Crippen LogP contribution in [0.25, 0.3) is 0 Å². The van der Waals surface area contributed by atoms with Gasteiger partial charge in [0.25, 0.3) is 0 Å². The van der Waals surface area contributed by atoms with E-state index in [0.717, 1.165) is 36.5 Å². The number of quaternary nitrogens is 1. The average molecular weight is 437 g/mol. The molecule has 0 saturated heterocycles. The maximum Gasteiger partial charge on any atom is 0.341 e. The van der Waals surface area contributed by atoms with Gasteiger partial charge in [0, 0.05) is 17.7 Å². The highest BCUT2D eigenvalue weighted by Gasteiger charge is 2.31. The third-order valence-electron chi connectivity index (χ3n) is 5.27. The van der Waals surface area contributed by atoms with Crippen molar-refractivity contribution >= 4 is 34.0 Å². The first-order valence-electron chi connectivity index (χ1n) is 10.5. The Morgan fingerprint density at radius 3 is 2.45 bits per heavy atom. The van der Waals surface area contributed by atoms with Gasteiger partial charge in [-0.3, -0.25) is 5.32 Å². The number of amides is 2. The van der Waals surface area contributed by atoms with Crippen molar-refractivity contribution in [3.63, 3.8) is 0 Å². The number of thiophene rings is 1. The number of carbonyl (C=O) groups is 2. The number of esters is 1. The third-order valence-corrected chi connectivity index (χ3v) is 6.41. The molecule has 1 aromatic heterocycles. The Morgan fingerprint density at radius 2 is 1.74 bits per heavy atom. The lowest BCUT2D eigenvalue weighted by molar-refractivity contribution is -0.929. The summed E-state index contributed by atoms with van der Waals surface area (Å²) < 4.78 is 5.30. The summed E-state index contributed by atoms with van der Waals surface area (Å²) in [4.78, 5) is 27.9. The zero-order chi connectivity index (χ0) is 21.6. The van der Waals surface area contributed by atoms with Gasteiger partial charge in [-0.1, -0.05) is 48.5 Å². The molecule has 1 unspecified atom stereocenters. The summed E-state index contributed by atoms with van der Waals surface area (Å²) in [5, 5.41) is 6.24. The van der Waals surface area contributed by atoms with Crippen LogP contribution in [0.5, 0.6) is 0 Å². The molecule has 7 heteroatoms. The molecule has 0 spiro atoms. The molecule has 160 valence electrons. The molecule has 31 heavy (non-hydrogen) atoms. The van der Waals surface area contributed by atoms with Crippen molar-refractivity contribution in [2.24, 2.45) is 0 Å². The average Bonchev–Trinajstić information content (AvgIpc) is 3.12. The van der Waals surface area contributed by atoms with E-state index in [1.807, 2.05) is 36.4 Å². The lowest BCUT2D eigenvalue weighted by Crippen LogP contribution is -3.10. The highest BCUT2D eigenvalue weighted by Crippen LogP contribution is 2.35. The smallest absolute Gasteiger partial charge is 0.341 e. The molecule has 0 saturated carbocycles. The van der Waals surface area contributed by atoms with Gasteiger partial charge < -0.3 is 15.0 Å². The quantitative estimate of drug-likeness (QED) is 0.516. The standard InChI is InChI=1S/C24H25N3O3S/c1-2-30-23(28)21-19-13-14-27(15-17-9-5-3-6-10-17)16-20(19)31-22(21)26-24(29)25-18-11-7-4-8-12-18/h3-12H,2,13-16H2,1H3,(H2,25,26,29)/p+1. The summed E-state index contributed by atoms with van der Waals surface area (Å²) in [6.07, 6.45) is 0.782. The number of para-hydroxylation sites is 1. The molecular formula is C24H26N3O3S+. The zero-order valence-electron chi connectivity index (χ0n) is 17.4. The topological polar surface area (TPSA) is 71.9 Å². The van der Waals surface area contributed by atoms with Crippen molar-refractivity contribution in [1.29, 1.82) is 0 Å². The second-order valence-corrected chi connectivity index (χ2v) is 8.57. The molecule has 0 fully saturated rings. The van der Waals surface area contributed by atoms with Crippen molar-refractivity contribution in [2.75, 3.05) is 23.8 Å². The molecule has 0 bridgehead atoms. The van der Waals surface area contributed by atoms with Crippen LogP contribution in [0.4, 0.5) is 15.5 Å². The van der Waals surface area contributed by atoms with E-state index in [1.165, 1.54) is 21.8 Å². The van der Waals surface area contributed by atoms with Gasteiger partial charge >= 0.3 is 12.0 Å². The van der Waals surface area contributed by atoms with E-state index in [9.17, 15) is 9.59 Å². The third kappa shape index (κ3) is 5.13. The number of rotatable bonds is 6. The Morgan fingerprint density at radius 1 is 1.03 bits per heavy atom. The summed E-state index contributed by atoms with van der Waals surface area (Å²) >= 11 is 1.48. The summed E-state index contributed by atoms with van der Waals surface area (Å²) in [6.45, 7) is 4.77. The Labute approximate surface area is 185 Å². The fourth-order valence-electron chi connectivity index (χ4n) is 3.87. The predicted octanol–water partition coefficient (Wildman–Crippen LogP) is 3.71. The highest BCUT2D eigenvalue weighted by molar-refractivity contribution is 7.17. The molecule has 1 aliphatic rings. The molecule has 0 radical (unpaired) electrons. The highest BCUT2D eigenvalue weighted by atomic mass is 32.1. The van der Waals surface area contributed by atoms with Crippen LogP contribution >= 0.6 is 11.3 Å². The van der Waals surface area contributed by atoms with E-state index < -0.39 is 0 Å². The molecule has 3 aromatic rings. The Balaban J connectivity index is 1.54. The number of urea groups is 1. The van der Waals surface area contributed by atoms with E-state index in [0.29, 0.717) is 22.9 Å². The van der Waals surface area contributed by atoms with Crippen molar-refractivity contribution in [2.45, 2.75) is 26.4 Å². The van der Waals surface area contributed by atoms with Crippen LogP contribution in [0.15, 0.2) is 60.7 Å². The van der Waals surface area contributed by atoms with Crippen molar-refractivity contribution < 1.29 is 19.2 Å². The van der Waals surface area contributed by atoms with Crippen LogP contribution in [0.1, 0.15) is 33.3 Å². The maximum absolute atomic E-state index is 12.7. The Bertz CT molecular complexity index is 1050. The number of carbonyl (C=O) groups excluding carboxylic acids is 2. The van der Waals surface area contributed by atoms with Crippen molar-refractivity contribution in [1.82, 2.24) is 0 Å². The first kappa shape index (κ1) is 21.1. The summed E-state index contributed by atoms with van der Waals surface area (Å²) in [5.41, 5.74) is 3.50. The number of benzene rings is 2. The van der Waals surface area contributed by atoms with Crippen LogP contribution in [0.2, 0.25) is 0 Å². The van der Waals surface area contributed by atoms with Gasteiger partial charge in [-0.2, -0.15) is 0 Å². The zero-order valence-corrected chi connectivity index (χ0v) is 18.3. The van der Waals surface area contributed by atoms with Crippen LogP contribution in [-0.4, -0.2) is 25.2 Å². The van der Waals surface area contributed by atoms with E-state index in [4.69, 9.17) is 4.74 Å². The minimum absolute atomic E-state index is 0.296. The Hall–Kier alpha value is -3.16. The number of hydrogen-bond donors (Lipinski definition) is 3. The van der Waals surface area contributed by atoms with Gasteiger partial charge in [-0.15, -0.1) is 11.3 Å². The van der Waals surface area contributed by atoms with Gasteiger partial charge in [-0.05, 0) is 24.6 Å². The number of hydrogen-bond acceptors (Lipinski definition) is 4. The fourth-order valence-corrected chi connectivity index (χ4v) is 5.17. The second-order valence-electron chi connectivity index (χ2n) is 7.46. The minimum atomic E-state index is -0.374. The Kier molecular flexibility index (Phi) is 6.64. The van der Waals surface area contributed by atoms with E-state index >= 15 is 0 Å². The van der Waals surface area contributed by atoms with E-state index in [1.54, 1.807) is 6.92 Å². The SMILES string of the molecule is CCOC(=O)c1c(NC(=O)Nc2ccccc2)sc2c1CC[NH+](Cc1ccccc1)C2. The minimum Gasteiger partial charge on any atom is -0.462 e. The van der Waals surface area contributed by atoms with Crippen molar-refractivity contribution in [3.05, 3.63) is 82.2 Å². The molecule has 1 atom stereocenters. The van der Waals surface area contributed by atoms with Gasteiger partial charge in [-0.25, -0.2) is 9.59 Å². The first-order valence-corrected chi connectivity index (χ1v) is 11.3. The summed E-state index contributed by atoms with van der Waals surface area (Å²) in [7, 11) is 0. The molecule has 4 rings (SSSR count). The van der Waals surface area contributed by atoms with Gasteiger partial charge in [0.05, 0.1) is 23.6 Å². The van der Waals surface area contributed by atoms with E-state index in [2.05, 4.69) is 34.9 Å². The summed E-state index contributed by atoms with van der Waals surface area (Å²) in [6, 6.07) is 19.3. The lowest BCUT2D eigenvalue weighted by Gasteiger charge is -2.24. The normalized spacial score (nSPS) is 15.1. The molecule has 0 aliphatic carbocycles.